The first-order valence-corrected chi connectivity index (χ1v) is 16.4. The van der Waals surface area contributed by atoms with E-state index in [0.717, 1.165) is 34.7 Å². The van der Waals surface area contributed by atoms with E-state index in [1.165, 1.54) is 18.0 Å². The zero-order valence-corrected chi connectivity index (χ0v) is 27.5. The molecular formula is C36H43N5O3S. The summed E-state index contributed by atoms with van der Waals surface area (Å²) in [6, 6.07) is 18.7. The molecule has 2 amide bonds. The zero-order chi connectivity index (χ0) is 32.1. The first kappa shape index (κ1) is 32.5. The van der Waals surface area contributed by atoms with Gasteiger partial charge in [-0.1, -0.05) is 75.4 Å². The van der Waals surface area contributed by atoms with E-state index in [9.17, 15) is 14.7 Å². The lowest BCUT2D eigenvalue weighted by atomic mass is 9.86. The molecule has 3 heterocycles. The van der Waals surface area contributed by atoms with Crippen molar-refractivity contribution in [1.82, 2.24) is 25.5 Å². The Morgan fingerprint density at radius 1 is 1.07 bits per heavy atom. The summed E-state index contributed by atoms with van der Waals surface area (Å²) in [5.41, 5.74) is 4.88. The van der Waals surface area contributed by atoms with Crippen LogP contribution in [0.3, 0.4) is 0 Å². The topological polar surface area (TPSA) is 107 Å². The van der Waals surface area contributed by atoms with Crippen LogP contribution in [0.15, 0.2) is 78.4 Å². The van der Waals surface area contributed by atoms with Crippen LogP contribution in [0.25, 0.3) is 0 Å². The minimum absolute atomic E-state index is 0.0283. The second-order valence-electron chi connectivity index (χ2n) is 12.9. The van der Waals surface area contributed by atoms with Gasteiger partial charge in [-0.15, -0.1) is 11.3 Å². The van der Waals surface area contributed by atoms with E-state index in [1.807, 2.05) is 47.5 Å². The highest BCUT2D eigenvalue weighted by Crippen LogP contribution is 2.35. The van der Waals surface area contributed by atoms with E-state index in [4.69, 9.17) is 0 Å². The Hall–Kier alpha value is -3.92. The minimum Gasteiger partial charge on any atom is -0.389 e. The van der Waals surface area contributed by atoms with Crippen molar-refractivity contribution in [2.24, 2.45) is 0 Å². The van der Waals surface area contributed by atoms with E-state index >= 15 is 0 Å². The number of hydrogen-bond acceptors (Lipinski definition) is 7. The largest absolute Gasteiger partial charge is 0.389 e. The van der Waals surface area contributed by atoms with E-state index < -0.39 is 24.1 Å². The van der Waals surface area contributed by atoms with Gasteiger partial charge in [0.1, 0.15) is 5.01 Å². The molecule has 1 fully saturated rings. The number of rotatable bonds is 10. The Labute approximate surface area is 269 Å². The molecule has 1 saturated heterocycles. The van der Waals surface area contributed by atoms with Gasteiger partial charge in [-0.05, 0) is 54.9 Å². The summed E-state index contributed by atoms with van der Waals surface area (Å²) in [7, 11) is 0. The van der Waals surface area contributed by atoms with Gasteiger partial charge in [0.15, 0.2) is 0 Å². The van der Waals surface area contributed by atoms with E-state index in [2.05, 4.69) is 65.6 Å². The molecule has 0 spiro atoms. The molecule has 0 bridgehead atoms. The third-order valence-corrected chi connectivity index (χ3v) is 9.44. The molecule has 0 saturated carbocycles. The van der Waals surface area contributed by atoms with Crippen molar-refractivity contribution in [2.75, 3.05) is 6.54 Å². The van der Waals surface area contributed by atoms with Crippen LogP contribution in [-0.4, -0.2) is 50.5 Å². The van der Waals surface area contributed by atoms with E-state index in [1.54, 1.807) is 24.3 Å². The molecule has 2 aromatic heterocycles. The molecule has 2 aromatic carbocycles. The van der Waals surface area contributed by atoms with Crippen molar-refractivity contribution in [1.29, 1.82) is 0 Å². The van der Waals surface area contributed by atoms with Crippen molar-refractivity contribution in [3.63, 3.8) is 0 Å². The lowest BCUT2D eigenvalue weighted by molar-refractivity contribution is 0.0732. The fourth-order valence-electron chi connectivity index (χ4n) is 5.77. The number of nitrogens with one attached hydrogen (secondary N) is 2. The van der Waals surface area contributed by atoms with Crippen molar-refractivity contribution in [2.45, 2.75) is 83.6 Å². The van der Waals surface area contributed by atoms with Gasteiger partial charge < -0.3 is 20.6 Å². The molecule has 3 N–H and O–H groups in total. The second-order valence-corrected chi connectivity index (χ2v) is 13.8. The van der Waals surface area contributed by atoms with Crippen LogP contribution >= 0.6 is 11.3 Å². The van der Waals surface area contributed by atoms with Gasteiger partial charge in [0.05, 0.1) is 35.4 Å². The maximum atomic E-state index is 13.5. The van der Waals surface area contributed by atoms with Gasteiger partial charge in [-0.3, -0.25) is 14.6 Å². The Morgan fingerprint density at radius 3 is 2.53 bits per heavy atom. The van der Waals surface area contributed by atoms with Crippen molar-refractivity contribution in [3.8, 4) is 0 Å². The Kier molecular flexibility index (Phi) is 10.1. The molecule has 1 aliphatic rings. The lowest BCUT2D eigenvalue weighted by Gasteiger charge is -2.30. The number of carbonyl (C=O) groups excluding carboxylic acids is 2. The maximum absolute atomic E-state index is 13.5. The number of thiazole rings is 1. The Balaban J connectivity index is 1.28. The summed E-state index contributed by atoms with van der Waals surface area (Å²) >= 11 is 1.57. The Bertz CT molecular complexity index is 1620. The fourth-order valence-corrected chi connectivity index (χ4v) is 6.72. The van der Waals surface area contributed by atoms with Gasteiger partial charge in [0.25, 0.3) is 11.8 Å². The average molecular weight is 626 g/mol. The molecule has 236 valence electrons. The Morgan fingerprint density at radius 2 is 1.82 bits per heavy atom. The van der Waals surface area contributed by atoms with E-state index in [0.29, 0.717) is 18.7 Å². The molecule has 1 aliphatic heterocycles. The van der Waals surface area contributed by atoms with Crippen molar-refractivity contribution < 1.29 is 14.7 Å². The van der Waals surface area contributed by atoms with Gasteiger partial charge in [0, 0.05) is 36.6 Å². The molecule has 4 atom stereocenters. The standard InChI is InChI=1S/C36H43N5O3S/c1-23-22-45-34(39-23)30-15-10-16-41(30)35(44)28-18-27(20-37-21-28)33(43)40-24(2)32(42)31(26-12-7-6-8-13-26)38-19-25-11-9-14-29(17-25)36(3,4)5/h6-9,11-14,17-18,20-22,24,30-32,38,42H,10,15-16,19H2,1-5H3,(H,40,43). The molecule has 9 heteroatoms. The van der Waals surface area contributed by atoms with Crippen LogP contribution in [0, 0.1) is 6.92 Å². The predicted octanol–water partition coefficient (Wildman–Crippen LogP) is 6.13. The first-order valence-electron chi connectivity index (χ1n) is 15.6. The number of benzene rings is 2. The molecule has 45 heavy (non-hydrogen) atoms. The minimum atomic E-state index is -0.938. The summed E-state index contributed by atoms with van der Waals surface area (Å²) in [6.07, 6.45) is 3.78. The molecule has 5 rings (SSSR count). The highest BCUT2D eigenvalue weighted by Gasteiger charge is 2.33. The number of nitrogens with zero attached hydrogens (tertiary/aromatic N) is 3. The summed E-state index contributed by atoms with van der Waals surface area (Å²) < 4.78 is 0. The molecule has 0 radical (unpaired) electrons. The smallest absolute Gasteiger partial charge is 0.256 e. The molecular weight excluding hydrogens is 582 g/mol. The summed E-state index contributed by atoms with van der Waals surface area (Å²) in [4.78, 5) is 37.6. The number of aliphatic hydroxyl groups excluding tert-OH is 1. The molecule has 4 unspecified atom stereocenters. The highest BCUT2D eigenvalue weighted by atomic mass is 32.1. The van der Waals surface area contributed by atoms with Crippen LogP contribution < -0.4 is 10.6 Å². The third-order valence-electron chi connectivity index (χ3n) is 8.37. The molecule has 8 nitrogen and oxygen atoms in total. The zero-order valence-electron chi connectivity index (χ0n) is 26.7. The number of aliphatic hydroxyl groups is 1. The van der Waals surface area contributed by atoms with Gasteiger partial charge in [-0.2, -0.15) is 0 Å². The first-order chi connectivity index (χ1) is 21.5. The van der Waals surface area contributed by atoms with Crippen LogP contribution in [-0.2, 0) is 12.0 Å². The van der Waals surface area contributed by atoms with Crippen LogP contribution in [0.1, 0.15) is 101 Å². The summed E-state index contributed by atoms with van der Waals surface area (Å²) in [6.45, 7) is 11.5. The SMILES string of the molecule is Cc1csc(C2CCCN2C(=O)c2cncc(C(=O)NC(C)C(O)C(NCc3cccc(C(C)(C)C)c3)c3ccccc3)c2)n1. The predicted molar refractivity (Wildman–Crippen MR) is 178 cm³/mol. The lowest BCUT2D eigenvalue weighted by Crippen LogP contribution is -2.47. The van der Waals surface area contributed by atoms with Crippen molar-refractivity contribution in [3.05, 3.63) is 117 Å². The number of aromatic nitrogens is 2. The summed E-state index contributed by atoms with van der Waals surface area (Å²) in [5, 5.41) is 21.0. The number of carbonyl (C=O) groups is 2. The normalized spacial score (nSPS) is 17.1. The van der Waals surface area contributed by atoms with Gasteiger partial charge in [0.2, 0.25) is 0 Å². The number of likely N-dealkylation sites (tertiary alicyclic amines) is 1. The van der Waals surface area contributed by atoms with Gasteiger partial charge >= 0.3 is 0 Å². The fraction of sp³-hybridized carbons (Fsp3) is 0.389. The van der Waals surface area contributed by atoms with Gasteiger partial charge in [-0.25, -0.2) is 4.98 Å². The molecule has 0 aliphatic carbocycles. The number of aryl methyl sites for hydroxylation is 1. The third kappa shape index (κ3) is 7.84. The second kappa shape index (κ2) is 14.0. The van der Waals surface area contributed by atoms with Crippen LogP contribution in [0.5, 0.6) is 0 Å². The highest BCUT2D eigenvalue weighted by molar-refractivity contribution is 7.09. The number of amides is 2. The average Bonchev–Trinajstić information content (AvgIpc) is 3.70. The molecule has 4 aromatic rings. The quantitative estimate of drug-likeness (QED) is 0.196. The van der Waals surface area contributed by atoms with Crippen molar-refractivity contribution >= 4 is 23.2 Å². The monoisotopic (exact) mass is 625 g/mol. The van der Waals surface area contributed by atoms with Crippen LogP contribution in [0.2, 0.25) is 0 Å². The van der Waals surface area contributed by atoms with Crippen LogP contribution in [0.4, 0.5) is 0 Å². The number of pyridine rings is 1. The number of hydrogen-bond donors (Lipinski definition) is 3. The van der Waals surface area contributed by atoms with E-state index in [-0.39, 0.29) is 22.9 Å². The maximum Gasteiger partial charge on any atom is 0.256 e. The summed E-state index contributed by atoms with van der Waals surface area (Å²) in [5.74, 6) is -0.564.